The quantitative estimate of drug-likeness (QED) is 0.429. The summed E-state index contributed by atoms with van der Waals surface area (Å²) in [7, 11) is 1.18. The van der Waals surface area contributed by atoms with Gasteiger partial charge in [-0.1, -0.05) is 12.1 Å². The highest BCUT2D eigenvalue weighted by molar-refractivity contribution is 5.78. The van der Waals surface area contributed by atoms with Crippen LogP contribution in [0.5, 0.6) is 0 Å². The predicted octanol–water partition coefficient (Wildman–Crippen LogP) is 1.38. The number of methoxy groups -OCH3 is 1. The molecule has 0 radical (unpaired) electrons. The zero-order chi connectivity index (χ0) is 11.3. The number of rotatable bonds is 3. The fourth-order valence-electron chi connectivity index (χ4n) is 1.07. The molecule has 1 aromatic carbocycles. The highest BCUT2D eigenvalue weighted by Crippen LogP contribution is 2.18. The maximum atomic E-state index is 12.6. The SMILES string of the molecule is COC(=O)C(N=C=O)c1ccc(F)cc1. The lowest BCUT2D eigenvalue weighted by Crippen LogP contribution is -2.12. The Morgan fingerprint density at radius 2 is 2.07 bits per heavy atom. The van der Waals surface area contributed by atoms with Gasteiger partial charge in [0.15, 0.2) is 6.04 Å². The highest BCUT2D eigenvalue weighted by atomic mass is 19.1. The molecule has 0 saturated carbocycles. The van der Waals surface area contributed by atoms with Crippen molar-refractivity contribution in [2.75, 3.05) is 7.11 Å². The lowest BCUT2D eigenvalue weighted by molar-refractivity contribution is -0.142. The molecule has 1 aromatic rings. The van der Waals surface area contributed by atoms with Crippen molar-refractivity contribution in [1.29, 1.82) is 0 Å². The number of ether oxygens (including phenoxy) is 1. The molecular formula is C10H8FNO3. The van der Waals surface area contributed by atoms with Crippen molar-refractivity contribution in [1.82, 2.24) is 0 Å². The number of hydrogen-bond donors (Lipinski definition) is 0. The van der Waals surface area contributed by atoms with Crippen LogP contribution in [-0.2, 0) is 14.3 Å². The molecule has 0 aliphatic carbocycles. The van der Waals surface area contributed by atoms with Gasteiger partial charge < -0.3 is 4.74 Å². The molecule has 0 spiro atoms. The minimum Gasteiger partial charge on any atom is -0.467 e. The highest BCUT2D eigenvalue weighted by Gasteiger charge is 2.20. The molecular weight excluding hydrogens is 201 g/mol. The average Bonchev–Trinajstić information content (AvgIpc) is 2.26. The standard InChI is InChI=1S/C10H8FNO3/c1-15-10(14)9(12-6-13)7-2-4-8(11)5-3-7/h2-5,9H,1H3. The van der Waals surface area contributed by atoms with Crippen LogP contribution in [0.3, 0.4) is 0 Å². The molecule has 0 saturated heterocycles. The zero-order valence-electron chi connectivity index (χ0n) is 7.94. The predicted molar refractivity (Wildman–Crippen MR) is 49.3 cm³/mol. The molecule has 0 amide bonds. The number of carbonyl (C=O) groups is 1. The molecule has 1 atom stereocenters. The van der Waals surface area contributed by atoms with Gasteiger partial charge in [0.1, 0.15) is 5.82 Å². The van der Waals surface area contributed by atoms with E-state index in [0.717, 1.165) is 0 Å². The van der Waals surface area contributed by atoms with E-state index in [2.05, 4.69) is 9.73 Å². The van der Waals surface area contributed by atoms with Gasteiger partial charge in [0.25, 0.3) is 0 Å². The van der Waals surface area contributed by atoms with Gasteiger partial charge in [-0.15, -0.1) is 0 Å². The number of hydrogen-bond acceptors (Lipinski definition) is 4. The molecule has 0 bridgehead atoms. The second-order valence-corrected chi connectivity index (χ2v) is 2.70. The Morgan fingerprint density at radius 1 is 1.47 bits per heavy atom. The first kappa shape index (κ1) is 11.1. The zero-order valence-corrected chi connectivity index (χ0v) is 7.94. The average molecular weight is 209 g/mol. The van der Waals surface area contributed by atoms with Crippen LogP contribution in [0.4, 0.5) is 4.39 Å². The molecule has 1 rings (SSSR count). The molecule has 4 nitrogen and oxygen atoms in total. The van der Waals surface area contributed by atoms with Crippen molar-refractivity contribution >= 4 is 12.0 Å². The smallest absolute Gasteiger partial charge is 0.336 e. The summed E-state index contributed by atoms with van der Waals surface area (Å²) in [6.07, 6.45) is 1.28. The monoisotopic (exact) mass is 209 g/mol. The van der Waals surface area contributed by atoms with E-state index in [9.17, 15) is 14.0 Å². The van der Waals surface area contributed by atoms with Crippen LogP contribution >= 0.6 is 0 Å². The maximum Gasteiger partial charge on any atom is 0.336 e. The van der Waals surface area contributed by atoms with Gasteiger partial charge in [0.2, 0.25) is 6.08 Å². The molecule has 0 aromatic heterocycles. The normalized spacial score (nSPS) is 11.3. The van der Waals surface area contributed by atoms with E-state index in [1.54, 1.807) is 0 Å². The van der Waals surface area contributed by atoms with Crippen LogP contribution < -0.4 is 0 Å². The summed E-state index contributed by atoms with van der Waals surface area (Å²) in [4.78, 5) is 24.6. The second-order valence-electron chi connectivity index (χ2n) is 2.70. The Bertz CT molecular complexity index is 396. The van der Waals surface area contributed by atoms with E-state index in [1.165, 1.54) is 37.5 Å². The summed E-state index contributed by atoms with van der Waals surface area (Å²) in [5.41, 5.74) is 0.381. The van der Waals surface area contributed by atoms with Crippen LogP contribution in [0.2, 0.25) is 0 Å². The minimum atomic E-state index is -1.08. The van der Waals surface area contributed by atoms with Crippen molar-refractivity contribution < 1.29 is 18.7 Å². The Kier molecular flexibility index (Phi) is 3.71. The molecule has 1 unspecified atom stereocenters. The number of nitrogens with zero attached hydrogens (tertiary/aromatic N) is 1. The first-order valence-corrected chi connectivity index (χ1v) is 4.09. The van der Waals surface area contributed by atoms with Crippen molar-refractivity contribution in [3.63, 3.8) is 0 Å². The molecule has 0 aliphatic heterocycles. The molecule has 0 aliphatic rings. The van der Waals surface area contributed by atoms with Crippen LogP contribution in [0.25, 0.3) is 0 Å². The van der Waals surface area contributed by atoms with Gasteiger partial charge in [-0.2, -0.15) is 4.99 Å². The van der Waals surface area contributed by atoms with E-state index in [4.69, 9.17) is 0 Å². The summed E-state index contributed by atoms with van der Waals surface area (Å²) in [6.45, 7) is 0. The molecule has 5 heteroatoms. The molecule has 0 heterocycles. The number of halogens is 1. The maximum absolute atomic E-state index is 12.6. The van der Waals surface area contributed by atoms with E-state index < -0.39 is 17.8 Å². The summed E-state index contributed by atoms with van der Waals surface area (Å²) < 4.78 is 17.0. The molecule has 15 heavy (non-hydrogen) atoms. The number of isocyanates is 1. The lowest BCUT2D eigenvalue weighted by atomic mass is 10.1. The fourth-order valence-corrected chi connectivity index (χ4v) is 1.07. The van der Waals surface area contributed by atoms with E-state index in [0.29, 0.717) is 5.56 Å². The Morgan fingerprint density at radius 3 is 2.53 bits per heavy atom. The third-order valence-electron chi connectivity index (χ3n) is 1.79. The van der Waals surface area contributed by atoms with E-state index >= 15 is 0 Å². The Balaban J connectivity index is 3.04. The summed E-state index contributed by atoms with van der Waals surface area (Å²) >= 11 is 0. The van der Waals surface area contributed by atoms with Crippen molar-refractivity contribution in [2.24, 2.45) is 4.99 Å². The van der Waals surface area contributed by atoms with Crippen molar-refractivity contribution in [2.45, 2.75) is 6.04 Å². The van der Waals surface area contributed by atoms with Gasteiger partial charge in [-0.05, 0) is 17.7 Å². The van der Waals surface area contributed by atoms with Crippen LogP contribution in [-0.4, -0.2) is 19.2 Å². The summed E-state index contributed by atoms with van der Waals surface area (Å²) in [5, 5.41) is 0. The summed E-state index contributed by atoms with van der Waals surface area (Å²) in [6, 6.07) is 3.99. The van der Waals surface area contributed by atoms with Gasteiger partial charge in [-0.3, -0.25) is 0 Å². The van der Waals surface area contributed by atoms with E-state index in [-0.39, 0.29) is 0 Å². The third-order valence-corrected chi connectivity index (χ3v) is 1.79. The van der Waals surface area contributed by atoms with Gasteiger partial charge in [0, 0.05) is 0 Å². The number of aliphatic imine (C=N–C) groups is 1. The van der Waals surface area contributed by atoms with Gasteiger partial charge in [-0.25, -0.2) is 14.0 Å². The lowest BCUT2D eigenvalue weighted by Gasteiger charge is -2.07. The molecule has 0 fully saturated rings. The van der Waals surface area contributed by atoms with Crippen LogP contribution in [0, 0.1) is 5.82 Å². The van der Waals surface area contributed by atoms with Crippen molar-refractivity contribution in [3.05, 3.63) is 35.6 Å². The Hall–Kier alpha value is -2.00. The first-order chi connectivity index (χ1) is 7.19. The topological polar surface area (TPSA) is 55.7 Å². The largest absolute Gasteiger partial charge is 0.467 e. The molecule has 78 valence electrons. The molecule has 0 N–H and O–H groups in total. The number of carbonyl (C=O) groups excluding carboxylic acids is 2. The van der Waals surface area contributed by atoms with Crippen molar-refractivity contribution in [3.8, 4) is 0 Å². The number of benzene rings is 1. The Labute approximate surface area is 85.4 Å². The summed E-state index contributed by atoms with van der Waals surface area (Å²) in [5.74, 6) is -1.12. The second kappa shape index (κ2) is 5.02. The fraction of sp³-hybridized carbons (Fsp3) is 0.200. The van der Waals surface area contributed by atoms with Gasteiger partial charge in [0.05, 0.1) is 7.11 Å². The van der Waals surface area contributed by atoms with Crippen LogP contribution in [0.1, 0.15) is 11.6 Å². The van der Waals surface area contributed by atoms with E-state index in [1.807, 2.05) is 0 Å². The minimum absolute atomic E-state index is 0.381. The van der Waals surface area contributed by atoms with Crippen LogP contribution in [0.15, 0.2) is 29.3 Å². The van der Waals surface area contributed by atoms with Gasteiger partial charge >= 0.3 is 5.97 Å². The first-order valence-electron chi connectivity index (χ1n) is 4.09. The third kappa shape index (κ3) is 2.72. The number of esters is 1.